The van der Waals surface area contributed by atoms with Crippen LogP contribution in [0.3, 0.4) is 0 Å². The lowest BCUT2D eigenvalue weighted by Crippen LogP contribution is -2.47. The van der Waals surface area contributed by atoms with Gasteiger partial charge in [0.1, 0.15) is 18.0 Å². The summed E-state index contributed by atoms with van der Waals surface area (Å²) in [5.74, 6) is -0.122. The van der Waals surface area contributed by atoms with Crippen LogP contribution in [0.15, 0.2) is 52.7 Å². The van der Waals surface area contributed by atoms with Crippen LogP contribution in [-0.4, -0.2) is 56.1 Å². The Morgan fingerprint density at radius 2 is 2.16 bits per heavy atom. The summed E-state index contributed by atoms with van der Waals surface area (Å²) >= 11 is 7.81. The first kappa shape index (κ1) is 26.2. The van der Waals surface area contributed by atoms with Crippen molar-refractivity contribution in [2.75, 3.05) is 13.3 Å². The molecule has 0 spiro atoms. The lowest BCUT2D eigenvalue weighted by molar-refractivity contribution is 0.0564. The van der Waals surface area contributed by atoms with Gasteiger partial charge >= 0.3 is 12.6 Å². The van der Waals surface area contributed by atoms with Crippen LogP contribution < -0.4 is 5.32 Å². The fourth-order valence-corrected chi connectivity index (χ4v) is 5.39. The summed E-state index contributed by atoms with van der Waals surface area (Å²) in [6.07, 6.45) is 2.38. The van der Waals surface area contributed by atoms with Crippen molar-refractivity contribution in [3.63, 3.8) is 0 Å². The van der Waals surface area contributed by atoms with E-state index < -0.39 is 30.6 Å². The molecular weight excluding hydrogens is 545 g/mol. The highest BCUT2D eigenvalue weighted by atomic mass is 35.5. The van der Waals surface area contributed by atoms with E-state index in [0.717, 1.165) is 12.3 Å². The summed E-state index contributed by atoms with van der Waals surface area (Å²) in [4.78, 5) is 23.5. The molecule has 5 rings (SSSR count). The summed E-state index contributed by atoms with van der Waals surface area (Å²) in [7, 11) is 0. The van der Waals surface area contributed by atoms with Crippen molar-refractivity contribution in [2.45, 2.75) is 38.0 Å². The van der Waals surface area contributed by atoms with Gasteiger partial charge in [0.05, 0.1) is 12.4 Å². The summed E-state index contributed by atoms with van der Waals surface area (Å²) in [6.45, 7) is -3.01. The van der Waals surface area contributed by atoms with Gasteiger partial charge in [-0.1, -0.05) is 17.7 Å². The molecule has 3 aromatic rings. The van der Waals surface area contributed by atoms with Crippen LogP contribution in [0.1, 0.15) is 48.1 Å². The predicted octanol–water partition coefficient (Wildman–Crippen LogP) is 4.97. The van der Waals surface area contributed by atoms with Crippen molar-refractivity contribution in [1.29, 1.82) is 0 Å². The van der Waals surface area contributed by atoms with Crippen molar-refractivity contribution in [2.24, 2.45) is 4.99 Å². The van der Waals surface area contributed by atoms with E-state index in [2.05, 4.69) is 15.4 Å². The minimum absolute atomic E-state index is 0.0395. The highest BCUT2D eigenvalue weighted by Gasteiger charge is 2.38. The molecule has 1 fully saturated rings. The zero-order chi connectivity index (χ0) is 26.8. The van der Waals surface area contributed by atoms with Crippen LogP contribution in [0.2, 0.25) is 5.02 Å². The maximum atomic E-state index is 14.0. The third kappa shape index (κ3) is 5.26. The van der Waals surface area contributed by atoms with Gasteiger partial charge in [-0.05, 0) is 31.0 Å². The van der Waals surface area contributed by atoms with Crippen LogP contribution in [0.25, 0.3) is 5.57 Å². The zero-order valence-corrected chi connectivity index (χ0v) is 21.3. The van der Waals surface area contributed by atoms with Crippen molar-refractivity contribution < 1.29 is 27.8 Å². The highest BCUT2D eigenvalue weighted by Crippen LogP contribution is 2.45. The van der Waals surface area contributed by atoms with E-state index in [-0.39, 0.29) is 30.4 Å². The lowest BCUT2D eigenvalue weighted by atomic mass is 9.90. The van der Waals surface area contributed by atoms with E-state index in [1.54, 1.807) is 16.5 Å². The van der Waals surface area contributed by atoms with Gasteiger partial charge < -0.3 is 20.1 Å². The molecule has 9 nitrogen and oxygen atoms in total. The molecule has 1 saturated heterocycles. The smallest absolute Gasteiger partial charge is 0.408 e. The fraction of sp³-hybridized carbons (Fsp3) is 0.333. The number of halogens is 4. The number of aliphatic hydroxyl groups is 1. The summed E-state index contributed by atoms with van der Waals surface area (Å²) < 4.78 is 47.1. The molecule has 1 aromatic carbocycles. The number of hydrogen-bond donors (Lipinski definition) is 2. The Morgan fingerprint density at radius 3 is 2.84 bits per heavy atom. The number of thiazole rings is 1. The molecule has 2 N–H and O–H groups in total. The standard InChI is InChI=1S/C24H22ClF3N6O3S/c25-16-10-13(26)3-4-15(16)20-19(17-5-7-34(32-17)23(27)28)18-11-14(2-1-8-35)37-24(36)30-12-33(18)21(31-20)22-29-6-9-38-22/h3-7,9-10,14,20,23,35H,1-2,8,11-12H2,(H,30,36)/t14?,20-/m0/s1. The number of alkyl halides is 2. The number of ether oxygens (including phenoxy) is 1. The number of amidine groups is 1. The van der Waals surface area contributed by atoms with Crippen molar-refractivity contribution in [3.8, 4) is 0 Å². The molecule has 2 aliphatic rings. The molecule has 14 heteroatoms. The number of nitrogens with one attached hydrogen (secondary N) is 1. The lowest BCUT2D eigenvalue weighted by Gasteiger charge is -2.39. The summed E-state index contributed by atoms with van der Waals surface area (Å²) in [6, 6.07) is 4.49. The number of carbonyl (C=O) groups is 1. The SMILES string of the molecule is O=C1NCN2C(c3nccs3)=N[C@@H](c3ccc(F)cc3Cl)C(c3ccn(C(F)F)n3)=C2CC(CCCO)O1. The summed E-state index contributed by atoms with van der Waals surface area (Å²) in [5, 5.41) is 18.6. The molecule has 2 aromatic heterocycles. The first-order valence-corrected chi connectivity index (χ1v) is 12.9. The number of benzene rings is 1. The normalized spacial score (nSPS) is 20.0. The summed E-state index contributed by atoms with van der Waals surface area (Å²) in [5.41, 5.74) is 1.70. The van der Waals surface area contributed by atoms with Gasteiger partial charge in [-0.2, -0.15) is 13.9 Å². The Hall–Kier alpha value is -3.42. The van der Waals surface area contributed by atoms with E-state index in [1.807, 2.05) is 0 Å². The quantitative estimate of drug-likeness (QED) is 0.418. The Labute approximate surface area is 224 Å². The largest absolute Gasteiger partial charge is 0.446 e. The number of alkyl carbamates (subject to hydrolysis) is 1. The number of carbonyl (C=O) groups excluding carboxylic acids is 1. The van der Waals surface area contributed by atoms with E-state index in [1.165, 1.54) is 29.5 Å². The van der Waals surface area contributed by atoms with E-state index in [9.17, 15) is 23.1 Å². The van der Waals surface area contributed by atoms with Gasteiger partial charge in [0.15, 0.2) is 10.8 Å². The molecule has 1 unspecified atom stereocenters. The molecule has 2 atom stereocenters. The number of rotatable bonds is 7. The number of nitrogens with zero attached hydrogens (tertiary/aromatic N) is 5. The van der Waals surface area contributed by atoms with Crippen LogP contribution in [-0.2, 0) is 4.74 Å². The van der Waals surface area contributed by atoms with E-state index in [4.69, 9.17) is 21.3 Å². The Bertz CT molecular complexity index is 1380. The molecule has 0 aliphatic carbocycles. The molecule has 200 valence electrons. The Kier molecular flexibility index (Phi) is 7.68. The number of aliphatic imine (C=N–C) groups is 1. The number of hydrogen-bond acceptors (Lipinski definition) is 8. The molecule has 0 saturated carbocycles. The molecule has 0 bridgehead atoms. The van der Waals surface area contributed by atoms with Crippen molar-refractivity contribution in [1.82, 2.24) is 25.0 Å². The number of aromatic nitrogens is 3. The van der Waals surface area contributed by atoms with Crippen LogP contribution in [0, 0.1) is 5.82 Å². The van der Waals surface area contributed by atoms with E-state index >= 15 is 0 Å². The maximum Gasteiger partial charge on any atom is 0.408 e. The van der Waals surface area contributed by atoms with Gasteiger partial charge in [-0.3, -0.25) is 4.99 Å². The molecule has 4 heterocycles. The second-order valence-corrected chi connectivity index (χ2v) is 9.84. The van der Waals surface area contributed by atoms with Crippen LogP contribution >= 0.6 is 22.9 Å². The van der Waals surface area contributed by atoms with Gasteiger partial charge in [0, 0.05) is 52.7 Å². The highest BCUT2D eigenvalue weighted by molar-refractivity contribution is 7.11. The zero-order valence-electron chi connectivity index (χ0n) is 19.7. The monoisotopic (exact) mass is 566 g/mol. The number of aliphatic hydroxyl groups excluding tert-OH is 1. The third-order valence-electron chi connectivity index (χ3n) is 6.14. The average molecular weight is 567 g/mol. The predicted molar refractivity (Wildman–Crippen MR) is 134 cm³/mol. The molecule has 38 heavy (non-hydrogen) atoms. The maximum absolute atomic E-state index is 14.0. The topological polar surface area (TPSA) is 105 Å². The van der Waals surface area contributed by atoms with Crippen LogP contribution in [0.5, 0.6) is 0 Å². The number of amides is 1. The second kappa shape index (κ2) is 11.1. The minimum atomic E-state index is -2.87. The van der Waals surface area contributed by atoms with E-state index in [0.29, 0.717) is 45.2 Å². The van der Waals surface area contributed by atoms with Gasteiger partial charge in [-0.15, -0.1) is 11.3 Å². The van der Waals surface area contributed by atoms with Crippen LogP contribution in [0.4, 0.5) is 18.0 Å². The number of cyclic esters (lactones) is 1. The second-order valence-electron chi connectivity index (χ2n) is 8.54. The first-order valence-electron chi connectivity index (χ1n) is 11.7. The minimum Gasteiger partial charge on any atom is -0.446 e. The van der Waals surface area contributed by atoms with Crippen molar-refractivity contribution in [3.05, 3.63) is 74.8 Å². The van der Waals surface area contributed by atoms with Gasteiger partial charge in [-0.25, -0.2) is 18.9 Å². The third-order valence-corrected chi connectivity index (χ3v) is 7.24. The van der Waals surface area contributed by atoms with Crippen molar-refractivity contribution >= 4 is 40.4 Å². The molecule has 0 radical (unpaired) electrons. The molecule has 1 amide bonds. The Balaban J connectivity index is 1.74. The molecular formula is C24H22ClF3N6O3S. The van der Waals surface area contributed by atoms with Gasteiger partial charge in [0.25, 0.3) is 0 Å². The number of fused-ring (bicyclic) bond motifs is 1. The fourth-order valence-electron chi connectivity index (χ4n) is 4.48. The molecule has 2 aliphatic heterocycles. The average Bonchev–Trinajstić information content (AvgIpc) is 3.58. The van der Waals surface area contributed by atoms with Gasteiger partial charge in [0.2, 0.25) is 0 Å². The first-order chi connectivity index (χ1) is 18.4. The Morgan fingerprint density at radius 1 is 1.32 bits per heavy atom.